The summed E-state index contributed by atoms with van der Waals surface area (Å²) in [5.41, 5.74) is 6.04. The van der Waals surface area contributed by atoms with E-state index in [9.17, 15) is 0 Å². The SMILES string of the molecule is CC(C)Oc1cccnc1NC1(CN)CCCCC1C. The summed E-state index contributed by atoms with van der Waals surface area (Å²) in [6.45, 7) is 6.97. The van der Waals surface area contributed by atoms with Crippen LogP contribution in [0.25, 0.3) is 0 Å². The number of nitrogens with two attached hydrogens (primary N) is 1. The predicted molar refractivity (Wildman–Crippen MR) is 83.0 cm³/mol. The lowest BCUT2D eigenvalue weighted by atomic mass is 9.73. The summed E-state index contributed by atoms with van der Waals surface area (Å²) in [7, 11) is 0. The van der Waals surface area contributed by atoms with E-state index in [0.717, 1.165) is 18.0 Å². The maximum absolute atomic E-state index is 6.10. The molecule has 1 aromatic rings. The van der Waals surface area contributed by atoms with Crippen molar-refractivity contribution in [3.63, 3.8) is 0 Å². The lowest BCUT2D eigenvalue weighted by Crippen LogP contribution is -2.52. The molecule has 1 saturated carbocycles. The van der Waals surface area contributed by atoms with Crippen molar-refractivity contribution in [3.05, 3.63) is 18.3 Å². The molecule has 4 nitrogen and oxygen atoms in total. The average Bonchev–Trinajstić information content (AvgIpc) is 2.43. The number of aromatic nitrogens is 1. The van der Waals surface area contributed by atoms with Crippen LogP contribution in [0.5, 0.6) is 5.75 Å². The van der Waals surface area contributed by atoms with Gasteiger partial charge in [0.15, 0.2) is 11.6 Å². The van der Waals surface area contributed by atoms with Gasteiger partial charge in [0.05, 0.1) is 11.6 Å². The molecule has 4 heteroatoms. The molecule has 3 N–H and O–H groups in total. The minimum atomic E-state index is -0.0539. The van der Waals surface area contributed by atoms with Gasteiger partial charge in [-0.1, -0.05) is 19.8 Å². The maximum Gasteiger partial charge on any atom is 0.169 e. The van der Waals surface area contributed by atoms with Crippen LogP contribution in [-0.4, -0.2) is 23.2 Å². The van der Waals surface area contributed by atoms with Crippen LogP contribution in [0.2, 0.25) is 0 Å². The summed E-state index contributed by atoms with van der Waals surface area (Å²) in [6.07, 6.45) is 6.77. The third-order valence-corrected chi connectivity index (χ3v) is 4.32. The van der Waals surface area contributed by atoms with Crippen molar-refractivity contribution in [1.82, 2.24) is 4.98 Å². The van der Waals surface area contributed by atoms with E-state index in [0.29, 0.717) is 12.5 Å². The zero-order chi connectivity index (χ0) is 14.6. The molecular weight excluding hydrogens is 250 g/mol. The molecule has 1 aromatic heterocycles. The monoisotopic (exact) mass is 277 g/mol. The van der Waals surface area contributed by atoms with E-state index < -0.39 is 0 Å². The van der Waals surface area contributed by atoms with Crippen LogP contribution in [-0.2, 0) is 0 Å². The molecule has 20 heavy (non-hydrogen) atoms. The largest absolute Gasteiger partial charge is 0.487 e. The molecular formula is C16H27N3O. The molecule has 1 heterocycles. The minimum absolute atomic E-state index is 0.0539. The first-order chi connectivity index (χ1) is 9.57. The Labute approximate surface area is 122 Å². The normalized spacial score (nSPS) is 26.6. The molecule has 0 aromatic carbocycles. The molecule has 0 amide bonds. The predicted octanol–water partition coefficient (Wildman–Crippen LogP) is 3.19. The summed E-state index contributed by atoms with van der Waals surface area (Å²) in [5.74, 6) is 2.18. The molecule has 2 unspecified atom stereocenters. The Morgan fingerprint density at radius 3 is 2.95 bits per heavy atom. The first kappa shape index (κ1) is 15.1. The van der Waals surface area contributed by atoms with Gasteiger partial charge in [0.2, 0.25) is 0 Å². The first-order valence-corrected chi connectivity index (χ1v) is 7.67. The van der Waals surface area contributed by atoms with Gasteiger partial charge in [0.25, 0.3) is 0 Å². The quantitative estimate of drug-likeness (QED) is 0.867. The third kappa shape index (κ3) is 3.23. The number of ether oxygens (including phenoxy) is 1. The molecule has 112 valence electrons. The van der Waals surface area contributed by atoms with Crippen molar-refractivity contribution < 1.29 is 4.74 Å². The van der Waals surface area contributed by atoms with E-state index in [1.54, 1.807) is 6.20 Å². The van der Waals surface area contributed by atoms with Crippen molar-refractivity contribution in [2.24, 2.45) is 11.7 Å². The van der Waals surface area contributed by atoms with Crippen molar-refractivity contribution in [2.45, 2.75) is 58.1 Å². The number of rotatable bonds is 5. The van der Waals surface area contributed by atoms with Gasteiger partial charge in [-0.25, -0.2) is 4.98 Å². The fourth-order valence-corrected chi connectivity index (χ4v) is 3.02. The lowest BCUT2D eigenvalue weighted by molar-refractivity contribution is 0.226. The third-order valence-electron chi connectivity index (χ3n) is 4.32. The molecule has 0 aliphatic heterocycles. The van der Waals surface area contributed by atoms with Crippen LogP contribution < -0.4 is 15.8 Å². The molecule has 0 spiro atoms. The lowest BCUT2D eigenvalue weighted by Gasteiger charge is -2.43. The molecule has 1 fully saturated rings. The number of anilines is 1. The number of nitrogens with zero attached hydrogens (tertiary/aromatic N) is 1. The fourth-order valence-electron chi connectivity index (χ4n) is 3.02. The molecule has 0 radical (unpaired) electrons. The van der Waals surface area contributed by atoms with E-state index in [1.807, 2.05) is 26.0 Å². The second kappa shape index (κ2) is 6.44. The van der Waals surface area contributed by atoms with Crippen LogP contribution >= 0.6 is 0 Å². The molecule has 1 aliphatic rings. The summed E-state index contributed by atoms with van der Waals surface area (Å²) in [6, 6.07) is 3.87. The summed E-state index contributed by atoms with van der Waals surface area (Å²) < 4.78 is 5.85. The minimum Gasteiger partial charge on any atom is -0.487 e. The van der Waals surface area contributed by atoms with Crippen molar-refractivity contribution >= 4 is 5.82 Å². The highest BCUT2D eigenvalue weighted by atomic mass is 16.5. The maximum atomic E-state index is 6.10. The van der Waals surface area contributed by atoms with Crippen molar-refractivity contribution in [1.29, 1.82) is 0 Å². The standard InChI is InChI=1S/C16H27N3O/c1-12(2)20-14-8-6-10-18-15(14)19-16(11-17)9-5-4-7-13(16)3/h6,8,10,12-13H,4-5,7,9,11,17H2,1-3H3,(H,18,19). The van der Waals surface area contributed by atoms with Gasteiger partial charge in [-0.2, -0.15) is 0 Å². The van der Waals surface area contributed by atoms with Gasteiger partial charge in [0, 0.05) is 12.7 Å². The number of nitrogens with one attached hydrogen (secondary N) is 1. The van der Waals surface area contributed by atoms with E-state index in [4.69, 9.17) is 10.5 Å². The second-order valence-corrected chi connectivity index (χ2v) is 6.15. The van der Waals surface area contributed by atoms with Gasteiger partial charge >= 0.3 is 0 Å². The summed E-state index contributed by atoms with van der Waals surface area (Å²) >= 11 is 0. The Morgan fingerprint density at radius 1 is 1.50 bits per heavy atom. The summed E-state index contributed by atoms with van der Waals surface area (Å²) in [4.78, 5) is 4.46. The number of hydrogen-bond donors (Lipinski definition) is 2. The molecule has 2 atom stereocenters. The highest BCUT2D eigenvalue weighted by Gasteiger charge is 2.37. The van der Waals surface area contributed by atoms with Crippen LogP contribution in [0.3, 0.4) is 0 Å². The molecule has 0 bridgehead atoms. The zero-order valence-corrected chi connectivity index (χ0v) is 12.9. The topological polar surface area (TPSA) is 60.2 Å². The first-order valence-electron chi connectivity index (χ1n) is 7.67. The Kier molecular flexibility index (Phi) is 4.86. The van der Waals surface area contributed by atoms with E-state index in [1.165, 1.54) is 19.3 Å². The van der Waals surface area contributed by atoms with Gasteiger partial charge in [-0.3, -0.25) is 0 Å². The Bertz CT molecular complexity index is 435. The van der Waals surface area contributed by atoms with Crippen LogP contribution in [0.1, 0.15) is 46.5 Å². The van der Waals surface area contributed by atoms with Gasteiger partial charge in [-0.05, 0) is 44.7 Å². The van der Waals surface area contributed by atoms with E-state index >= 15 is 0 Å². The highest BCUT2D eigenvalue weighted by molar-refractivity contribution is 5.52. The highest BCUT2D eigenvalue weighted by Crippen LogP contribution is 2.37. The van der Waals surface area contributed by atoms with E-state index in [2.05, 4.69) is 17.2 Å². The van der Waals surface area contributed by atoms with Gasteiger partial charge in [-0.15, -0.1) is 0 Å². The van der Waals surface area contributed by atoms with Crippen LogP contribution in [0.4, 0.5) is 5.82 Å². The molecule has 2 rings (SSSR count). The smallest absolute Gasteiger partial charge is 0.169 e. The number of pyridine rings is 1. The average molecular weight is 277 g/mol. The Morgan fingerprint density at radius 2 is 2.30 bits per heavy atom. The van der Waals surface area contributed by atoms with Gasteiger partial charge < -0.3 is 15.8 Å². The second-order valence-electron chi connectivity index (χ2n) is 6.15. The molecule has 0 saturated heterocycles. The van der Waals surface area contributed by atoms with E-state index in [-0.39, 0.29) is 11.6 Å². The number of hydrogen-bond acceptors (Lipinski definition) is 4. The van der Waals surface area contributed by atoms with Gasteiger partial charge in [0.1, 0.15) is 0 Å². The molecule has 1 aliphatic carbocycles. The van der Waals surface area contributed by atoms with Crippen LogP contribution in [0.15, 0.2) is 18.3 Å². The Balaban J connectivity index is 2.23. The Hall–Kier alpha value is -1.29. The van der Waals surface area contributed by atoms with Crippen molar-refractivity contribution in [2.75, 3.05) is 11.9 Å². The summed E-state index contributed by atoms with van der Waals surface area (Å²) in [5, 5.41) is 3.61. The van der Waals surface area contributed by atoms with Crippen molar-refractivity contribution in [3.8, 4) is 5.75 Å². The van der Waals surface area contributed by atoms with Crippen LogP contribution in [0, 0.1) is 5.92 Å². The fraction of sp³-hybridized carbons (Fsp3) is 0.688. The zero-order valence-electron chi connectivity index (χ0n) is 12.9.